The monoisotopic (exact) mass is 289 g/mol. The minimum Gasteiger partial charge on any atom is -0.466 e. The molecule has 0 aliphatic heterocycles. The normalized spacial score (nSPS) is 18.0. The molecule has 1 aromatic rings. The van der Waals surface area contributed by atoms with Gasteiger partial charge in [-0.25, -0.2) is 0 Å². The molecule has 21 heavy (non-hydrogen) atoms. The second-order valence-corrected chi connectivity index (χ2v) is 6.37. The first-order chi connectivity index (χ1) is 10.1. The molecule has 0 saturated heterocycles. The molecule has 0 amide bonds. The van der Waals surface area contributed by atoms with Crippen LogP contribution in [0.15, 0.2) is 16.1 Å². The van der Waals surface area contributed by atoms with E-state index in [1.807, 2.05) is 0 Å². The SMILES string of the molecule is CCCNC(C1=CCCCCCC1)c1c(C)oc(C)c1C. The van der Waals surface area contributed by atoms with Gasteiger partial charge in [-0.3, -0.25) is 0 Å². The van der Waals surface area contributed by atoms with Crippen molar-refractivity contribution >= 4 is 0 Å². The van der Waals surface area contributed by atoms with Gasteiger partial charge >= 0.3 is 0 Å². The lowest BCUT2D eigenvalue weighted by Gasteiger charge is -2.24. The average Bonchev–Trinajstić information content (AvgIpc) is 2.66. The van der Waals surface area contributed by atoms with E-state index < -0.39 is 0 Å². The van der Waals surface area contributed by atoms with Gasteiger partial charge in [0.15, 0.2) is 0 Å². The van der Waals surface area contributed by atoms with E-state index in [9.17, 15) is 0 Å². The maximum Gasteiger partial charge on any atom is 0.106 e. The van der Waals surface area contributed by atoms with Crippen LogP contribution in [-0.2, 0) is 0 Å². The third-order valence-electron chi connectivity index (χ3n) is 4.70. The lowest BCUT2D eigenvalue weighted by molar-refractivity contribution is 0.487. The van der Waals surface area contributed by atoms with Crippen LogP contribution in [0, 0.1) is 20.8 Å². The van der Waals surface area contributed by atoms with Gasteiger partial charge in [0.25, 0.3) is 0 Å². The van der Waals surface area contributed by atoms with Crippen molar-refractivity contribution in [3.8, 4) is 0 Å². The molecular formula is C19H31NO. The molecule has 2 rings (SSSR count). The molecule has 0 aromatic carbocycles. The fourth-order valence-electron chi connectivity index (χ4n) is 3.42. The smallest absolute Gasteiger partial charge is 0.106 e. The molecule has 1 N–H and O–H groups in total. The van der Waals surface area contributed by atoms with E-state index in [1.54, 1.807) is 5.57 Å². The van der Waals surface area contributed by atoms with Crippen molar-refractivity contribution < 1.29 is 4.42 Å². The molecule has 1 aliphatic carbocycles. The molecule has 0 fully saturated rings. The Balaban J connectivity index is 2.32. The third-order valence-corrected chi connectivity index (χ3v) is 4.70. The van der Waals surface area contributed by atoms with E-state index in [0.717, 1.165) is 18.1 Å². The average molecular weight is 289 g/mol. The molecule has 1 heterocycles. The predicted molar refractivity (Wildman–Crippen MR) is 89.7 cm³/mol. The number of nitrogens with one attached hydrogen (secondary N) is 1. The summed E-state index contributed by atoms with van der Waals surface area (Å²) in [6, 6.07) is 0.348. The van der Waals surface area contributed by atoms with Crippen molar-refractivity contribution in [1.29, 1.82) is 0 Å². The number of allylic oxidation sites excluding steroid dienone is 1. The van der Waals surface area contributed by atoms with Gasteiger partial charge in [0.2, 0.25) is 0 Å². The van der Waals surface area contributed by atoms with E-state index >= 15 is 0 Å². The molecule has 1 atom stereocenters. The minimum absolute atomic E-state index is 0.348. The maximum atomic E-state index is 5.89. The summed E-state index contributed by atoms with van der Waals surface area (Å²) < 4.78 is 5.89. The van der Waals surface area contributed by atoms with Crippen LogP contribution < -0.4 is 5.32 Å². The van der Waals surface area contributed by atoms with Crippen LogP contribution in [0.3, 0.4) is 0 Å². The first kappa shape index (κ1) is 16.4. The fourth-order valence-corrected chi connectivity index (χ4v) is 3.42. The number of furan rings is 1. The number of hydrogen-bond acceptors (Lipinski definition) is 2. The zero-order valence-electron chi connectivity index (χ0n) is 14.2. The standard InChI is InChI=1S/C19H31NO/c1-5-13-20-19(17-11-9-7-6-8-10-12-17)18-14(2)15(3)21-16(18)4/h11,19-20H,5-10,12-13H2,1-4H3. The zero-order chi connectivity index (χ0) is 15.2. The van der Waals surface area contributed by atoms with Crippen LogP contribution in [0.1, 0.15) is 80.6 Å². The van der Waals surface area contributed by atoms with Gasteiger partial charge in [0.1, 0.15) is 11.5 Å². The van der Waals surface area contributed by atoms with Crippen LogP contribution in [0.5, 0.6) is 0 Å². The molecule has 0 radical (unpaired) electrons. The van der Waals surface area contributed by atoms with Gasteiger partial charge in [-0.05, 0) is 65.0 Å². The summed E-state index contributed by atoms with van der Waals surface area (Å²) in [6.45, 7) is 9.68. The molecule has 1 aromatic heterocycles. The van der Waals surface area contributed by atoms with E-state index in [4.69, 9.17) is 4.42 Å². The second kappa shape index (κ2) is 7.84. The van der Waals surface area contributed by atoms with Crippen molar-refractivity contribution in [3.05, 3.63) is 34.3 Å². The summed E-state index contributed by atoms with van der Waals surface area (Å²) in [5.74, 6) is 2.15. The van der Waals surface area contributed by atoms with Crippen molar-refractivity contribution in [2.75, 3.05) is 6.54 Å². The Morgan fingerprint density at radius 1 is 1.10 bits per heavy atom. The first-order valence-corrected chi connectivity index (χ1v) is 8.64. The van der Waals surface area contributed by atoms with Crippen LogP contribution >= 0.6 is 0 Å². The molecule has 1 unspecified atom stereocenters. The van der Waals surface area contributed by atoms with Crippen molar-refractivity contribution in [3.63, 3.8) is 0 Å². The summed E-state index contributed by atoms with van der Waals surface area (Å²) >= 11 is 0. The Kier molecular flexibility index (Phi) is 6.10. The van der Waals surface area contributed by atoms with Crippen LogP contribution in [0.2, 0.25) is 0 Å². The van der Waals surface area contributed by atoms with Gasteiger partial charge in [-0.1, -0.05) is 31.4 Å². The molecule has 0 spiro atoms. The lowest BCUT2D eigenvalue weighted by Crippen LogP contribution is -2.25. The highest BCUT2D eigenvalue weighted by Gasteiger charge is 2.23. The molecule has 2 heteroatoms. The Morgan fingerprint density at radius 3 is 2.52 bits per heavy atom. The van der Waals surface area contributed by atoms with Crippen molar-refractivity contribution in [1.82, 2.24) is 5.32 Å². The Bertz CT molecular complexity index is 484. The molecule has 0 saturated carbocycles. The molecule has 1 aliphatic rings. The van der Waals surface area contributed by atoms with Gasteiger partial charge in [-0.2, -0.15) is 0 Å². The van der Waals surface area contributed by atoms with Gasteiger partial charge in [0.05, 0.1) is 6.04 Å². The van der Waals surface area contributed by atoms with E-state index in [0.29, 0.717) is 6.04 Å². The first-order valence-electron chi connectivity index (χ1n) is 8.64. The van der Waals surface area contributed by atoms with Gasteiger partial charge in [-0.15, -0.1) is 0 Å². The largest absolute Gasteiger partial charge is 0.466 e. The van der Waals surface area contributed by atoms with Gasteiger partial charge < -0.3 is 9.73 Å². The molecule has 0 bridgehead atoms. The quantitative estimate of drug-likeness (QED) is 0.721. The van der Waals surface area contributed by atoms with Crippen molar-refractivity contribution in [2.24, 2.45) is 0 Å². The highest BCUT2D eigenvalue weighted by atomic mass is 16.3. The Labute approximate surface area is 130 Å². The van der Waals surface area contributed by atoms with Gasteiger partial charge in [0, 0.05) is 5.56 Å². The fraction of sp³-hybridized carbons (Fsp3) is 0.684. The number of rotatable bonds is 5. The highest BCUT2D eigenvalue weighted by molar-refractivity contribution is 5.39. The molecular weight excluding hydrogens is 258 g/mol. The summed E-state index contributed by atoms with van der Waals surface area (Å²) in [5.41, 5.74) is 4.28. The Morgan fingerprint density at radius 2 is 1.86 bits per heavy atom. The summed E-state index contributed by atoms with van der Waals surface area (Å²) in [5, 5.41) is 3.77. The predicted octanol–water partition coefficient (Wildman–Crippen LogP) is 5.53. The lowest BCUT2D eigenvalue weighted by atomic mass is 9.89. The molecule has 118 valence electrons. The van der Waals surface area contributed by atoms with Crippen molar-refractivity contribution in [2.45, 2.75) is 78.7 Å². The van der Waals surface area contributed by atoms with E-state index in [1.165, 1.54) is 56.1 Å². The second-order valence-electron chi connectivity index (χ2n) is 6.37. The maximum absolute atomic E-state index is 5.89. The van der Waals surface area contributed by atoms with Crippen LogP contribution in [-0.4, -0.2) is 6.54 Å². The minimum atomic E-state index is 0.348. The summed E-state index contributed by atoms with van der Waals surface area (Å²) in [6.07, 6.45) is 11.5. The Hall–Kier alpha value is -1.02. The van der Waals surface area contributed by atoms with E-state index in [2.05, 4.69) is 39.1 Å². The highest BCUT2D eigenvalue weighted by Crippen LogP contribution is 2.34. The summed E-state index contributed by atoms with van der Waals surface area (Å²) in [4.78, 5) is 0. The third kappa shape index (κ3) is 4.00. The van der Waals surface area contributed by atoms with Crippen LogP contribution in [0.25, 0.3) is 0 Å². The molecule has 2 nitrogen and oxygen atoms in total. The summed E-state index contributed by atoms with van der Waals surface area (Å²) in [7, 11) is 0. The number of aryl methyl sites for hydroxylation is 2. The van der Waals surface area contributed by atoms with E-state index in [-0.39, 0.29) is 0 Å². The topological polar surface area (TPSA) is 25.2 Å². The van der Waals surface area contributed by atoms with Crippen LogP contribution in [0.4, 0.5) is 0 Å². The number of hydrogen-bond donors (Lipinski definition) is 1. The zero-order valence-corrected chi connectivity index (χ0v) is 14.2.